The lowest BCUT2D eigenvalue weighted by Crippen LogP contribution is -2.16. The zero-order chi connectivity index (χ0) is 12.7. The maximum atomic E-state index is 8.93. The van der Waals surface area contributed by atoms with E-state index in [1.807, 2.05) is 13.0 Å². The van der Waals surface area contributed by atoms with E-state index in [2.05, 4.69) is 38.1 Å². The predicted octanol–water partition coefficient (Wildman–Crippen LogP) is 2.62. The fraction of sp³-hybridized carbons (Fsp3) is 0.667. The highest BCUT2D eigenvalue weighted by Gasteiger charge is 2.07. The van der Waals surface area contributed by atoms with Crippen molar-refractivity contribution in [1.82, 2.24) is 9.97 Å². The Bertz CT molecular complexity index is 347. The van der Waals surface area contributed by atoms with Crippen LogP contribution in [0.4, 0.5) is 5.82 Å². The Labute approximate surface area is 111 Å². The van der Waals surface area contributed by atoms with Crippen molar-refractivity contribution in [2.45, 2.75) is 33.1 Å². The molecule has 4 nitrogen and oxygen atoms in total. The highest BCUT2D eigenvalue weighted by Crippen LogP contribution is 2.14. The lowest BCUT2D eigenvalue weighted by atomic mass is 10.0. The molecule has 0 amide bonds. The van der Waals surface area contributed by atoms with Crippen LogP contribution >= 0.6 is 15.9 Å². The van der Waals surface area contributed by atoms with Gasteiger partial charge in [-0.05, 0) is 28.3 Å². The number of nitrogens with one attached hydrogen (secondary N) is 1. The molecule has 0 saturated heterocycles. The minimum atomic E-state index is 0.244. The fourth-order valence-corrected chi connectivity index (χ4v) is 2.02. The number of anilines is 1. The third kappa shape index (κ3) is 5.00. The number of rotatable bonds is 7. The Balaban J connectivity index is 2.58. The minimum absolute atomic E-state index is 0.244. The lowest BCUT2D eigenvalue weighted by molar-refractivity contribution is 0.258. The van der Waals surface area contributed by atoms with E-state index in [0.29, 0.717) is 5.92 Å². The molecule has 0 spiro atoms. The van der Waals surface area contributed by atoms with E-state index < -0.39 is 0 Å². The normalized spacial score (nSPS) is 12.5. The van der Waals surface area contributed by atoms with Gasteiger partial charge in [-0.25, -0.2) is 9.97 Å². The van der Waals surface area contributed by atoms with Crippen molar-refractivity contribution in [3.05, 3.63) is 16.5 Å². The van der Waals surface area contributed by atoms with Crippen LogP contribution in [-0.2, 0) is 6.42 Å². The molecule has 5 heteroatoms. The van der Waals surface area contributed by atoms with Crippen LogP contribution in [0.3, 0.4) is 0 Å². The molecule has 1 unspecified atom stereocenters. The average Bonchev–Trinajstić information content (AvgIpc) is 2.33. The highest BCUT2D eigenvalue weighted by atomic mass is 79.9. The van der Waals surface area contributed by atoms with Crippen molar-refractivity contribution in [1.29, 1.82) is 0 Å². The van der Waals surface area contributed by atoms with Gasteiger partial charge in [-0.2, -0.15) is 0 Å². The molecule has 0 aliphatic heterocycles. The number of nitrogens with zero attached hydrogens (tertiary/aromatic N) is 2. The van der Waals surface area contributed by atoms with Crippen LogP contribution in [0, 0.1) is 5.92 Å². The van der Waals surface area contributed by atoms with E-state index in [9.17, 15) is 0 Å². The second-order valence-electron chi connectivity index (χ2n) is 4.01. The monoisotopic (exact) mass is 301 g/mol. The van der Waals surface area contributed by atoms with Gasteiger partial charge in [-0.1, -0.05) is 20.3 Å². The van der Waals surface area contributed by atoms with Gasteiger partial charge in [0.05, 0.1) is 0 Å². The fourth-order valence-electron chi connectivity index (χ4n) is 1.60. The summed E-state index contributed by atoms with van der Waals surface area (Å²) in [5, 5.41) is 12.2. The van der Waals surface area contributed by atoms with Crippen molar-refractivity contribution in [2.24, 2.45) is 5.92 Å². The molecule has 17 heavy (non-hydrogen) atoms. The molecule has 1 atom stereocenters. The van der Waals surface area contributed by atoms with Gasteiger partial charge in [0.15, 0.2) is 0 Å². The first-order valence-corrected chi connectivity index (χ1v) is 6.87. The molecule has 1 aromatic rings. The zero-order valence-corrected chi connectivity index (χ0v) is 12.0. The summed E-state index contributed by atoms with van der Waals surface area (Å²) in [6, 6.07) is 1.88. The van der Waals surface area contributed by atoms with E-state index >= 15 is 0 Å². The molecule has 2 N–H and O–H groups in total. The zero-order valence-electron chi connectivity index (χ0n) is 10.4. The van der Waals surface area contributed by atoms with E-state index in [1.165, 1.54) is 0 Å². The number of aliphatic hydroxyl groups is 1. The van der Waals surface area contributed by atoms with Gasteiger partial charge in [0.25, 0.3) is 0 Å². The number of hydrogen-bond donors (Lipinski definition) is 2. The van der Waals surface area contributed by atoms with Crippen LogP contribution in [0.15, 0.2) is 10.7 Å². The molecular formula is C12H20BrN3O. The van der Waals surface area contributed by atoms with E-state index in [1.54, 1.807) is 0 Å². The summed E-state index contributed by atoms with van der Waals surface area (Å²) < 4.78 is 0.807. The molecule has 0 saturated carbocycles. The van der Waals surface area contributed by atoms with E-state index in [-0.39, 0.29) is 6.61 Å². The van der Waals surface area contributed by atoms with Crippen molar-refractivity contribution >= 4 is 21.7 Å². The molecule has 0 fully saturated rings. The number of hydrogen-bond acceptors (Lipinski definition) is 4. The molecule has 96 valence electrons. The van der Waals surface area contributed by atoms with Crippen molar-refractivity contribution in [3.8, 4) is 0 Å². The summed E-state index contributed by atoms with van der Waals surface area (Å²) in [4.78, 5) is 8.67. The average molecular weight is 302 g/mol. The molecule has 0 aliphatic carbocycles. The second kappa shape index (κ2) is 7.61. The van der Waals surface area contributed by atoms with Crippen LogP contribution in [-0.4, -0.2) is 28.2 Å². The Morgan fingerprint density at radius 2 is 2.18 bits per heavy atom. The van der Waals surface area contributed by atoms with Crippen LogP contribution in [0.25, 0.3) is 0 Å². The van der Waals surface area contributed by atoms with Gasteiger partial charge >= 0.3 is 0 Å². The first-order chi connectivity index (χ1) is 8.19. The summed E-state index contributed by atoms with van der Waals surface area (Å²) in [7, 11) is 0. The van der Waals surface area contributed by atoms with Gasteiger partial charge in [-0.3, -0.25) is 0 Å². The van der Waals surface area contributed by atoms with Crippen molar-refractivity contribution < 1.29 is 5.11 Å². The predicted molar refractivity (Wildman–Crippen MR) is 73.1 cm³/mol. The maximum Gasteiger partial charge on any atom is 0.131 e. The first-order valence-electron chi connectivity index (χ1n) is 6.07. The minimum Gasteiger partial charge on any atom is -0.396 e. The molecule has 1 heterocycles. The van der Waals surface area contributed by atoms with Gasteiger partial charge in [0.2, 0.25) is 0 Å². The number of halogens is 1. The molecule has 0 aromatic carbocycles. The Hall–Kier alpha value is -0.680. The van der Waals surface area contributed by atoms with Gasteiger partial charge in [-0.15, -0.1) is 0 Å². The Morgan fingerprint density at radius 3 is 2.76 bits per heavy atom. The first kappa shape index (κ1) is 14.4. The van der Waals surface area contributed by atoms with Crippen LogP contribution in [0.2, 0.25) is 0 Å². The quantitative estimate of drug-likeness (QED) is 0.760. The molecule has 0 bridgehead atoms. The summed E-state index contributed by atoms with van der Waals surface area (Å²) in [6.07, 6.45) is 2.71. The molecule has 0 aliphatic rings. The van der Waals surface area contributed by atoms with Crippen molar-refractivity contribution in [3.63, 3.8) is 0 Å². The maximum absolute atomic E-state index is 8.93. The van der Waals surface area contributed by atoms with Crippen LogP contribution < -0.4 is 5.32 Å². The van der Waals surface area contributed by atoms with Gasteiger partial charge in [0.1, 0.15) is 16.2 Å². The number of aryl methyl sites for hydroxylation is 1. The summed E-state index contributed by atoms with van der Waals surface area (Å²) in [5.41, 5.74) is 0. The summed E-state index contributed by atoms with van der Waals surface area (Å²) in [6.45, 7) is 5.25. The number of aliphatic hydroxyl groups excluding tert-OH is 1. The second-order valence-corrected chi connectivity index (χ2v) is 4.83. The largest absolute Gasteiger partial charge is 0.396 e. The SMILES string of the molecule is CCc1nc(Br)cc(NCC(CC)CCO)n1. The molecular weight excluding hydrogens is 282 g/mol. The standard InChI is InChI=1S/C12H20BrN3O/c1-3-9(5-6-17)8-14-12-7-10(13)15-11(4-2)16-12/h7,9,17H,3-6,8H2,1-2H3,(H,14,15,16). The van der Waals surface area contributed by atoms with Crippen LogP contribution in [0.5, 0.6) is 0 Å². The molecule has 1 aromatic heterocycles. The Kier molecular flexibility index (Phi) is 6.44. The van der Waals surface area contributed by atoms with Gasteiger partial charge in [0, 0.05) is 25.6 Å². The smallest absolute Gasteiger partial charge is 0.131 e. The topological polar surface area (TPSA) is 58.0 Å². The number of aromatic nitrogens is 2. The van der Waals surface area contributed by atoms with Crippen LogP contribution in [0.1, 0.15) is 32.5 Å². The highest BCUT2D eigenvalue weighted by molar-refractivity contribution is 9.10. The molecule has 1 rings (SSSR count). The van der Waals surface area contributed by atoms with Crippen molar-refractivity contribution in [2.75, 3.05) is 18.5 Å². The summed E-state index contributed by atoms with van der Waals surface area (Å²) in [5.74, 6) is 2.16. The molecule has 0 radical (unpaired) electrons. The van der Waals surface area contributed by atoms with Gasteiger partial charge < -0.3 is 10.4 Å². The van der Waals surface area contributed by atoms with E-state index in [0.717, 1.165) is 42.1 Å². The summed E-state index contributed by atoms with van der Waals surface area (Å²) >= 11 is 3.38. The lowest BCUT2D eigenvalue weighted by Gasteiger charge is -2.15. The third-order valence-corrected chi connectivity index (χ3v) is 3.15. The Morgan fingerprint density at radius 1 is 1.41 bits per heavy atom. The van der Waals surface area contributed by atoms with E-state index in [4.69, 9.17) is 5.11 Å². The third-order valence-electron chi connectivity index (χ3n) is 2.74.